The van der Waals surface area contributed by atoms with Gasteiger partial charge in [0, 0.05) is 6.04 Å². The van der Waals surface area contributed by atoms with Crippen LogP contribution in [0.3, 0.4) is 0 Å². The molecule has 0 aromatic heterocycles. The Morgan fingerprint density at radius 2 is 2.06 bits per heavy atom. The molecule has 1 aliphatic rings. The Kier molecular flexibility index (Phi) is 5.81. The third-order valence-corrected chi connectivity index (χ3v) is 3.68. The maximum absolute atomic E-state index is 11.8. The van der Waals surface area contributed by atoms with Crippen LogP contribution in [0.1, 0.15) is 58.8 Å². The first kappa shape index (κ1) is 13.5. The summed E-state index contributed by atoms with van der Waals surface area (Å²) in [6, 6.07) is -0.0218. The topological polar surface area (TPSA) is 55.1 Å². The fourth-order valence-electron chi connectivity index (χ4n) is 2.46. The normalized spacial score (nSPS) is 20.7. The maximum atomic E-state index is 11.8. The largest absolute Gasteiger partial charge is 0.352 e. The van der Waals surface area contributed by atoms with E-state index in [0.717, 1.165) is 19.3 Å². The van der Waals surface area contributed by atoms with Crippen LogP contribution in [0.2, 0.25) is 0 Å². The molecule has 0 aliphatic heterocycles. The Hall–Kier alpha value is -0.570. The zero-order valence-electron chi connectivity index (χ0n) is 10.7. The number of carbonyl (C=O) groups is 1. The van der Waals surface area contributed by atoms with Gasteiger partial charge in [-0.1, -0.05) is 32.6 Å². The van der Waals surface area contributed by atoms with Gasteiger partial charge in [0.15, 0.2) is 0 Å². The van der Waals surface area contributed by atoms with E-state index in [1.165, 1.54) is 25.7 Å². The SMILES string of the molecule is CCCC[C@H](N)C(=O)N[C@H](C)C1CCCC1. The summed E-state index contributed by atoms with van der Waals surface area (Å²) in [6.45, 7) is 4.23. The summed E-state index contributed by atoms with van der Waals surface area (Å²) in [7, 11) is 0. The number of amides is 1. The first-order chi connectivity index (χ1) is 7.65. The van der Waals surface area contributed by atoms with Crippen LogP contribution in [0.5, 0.6) is 0 Å². The van der Waals surface area contributed by atoms with Gasteiger partial charge in [-0.2, -0.15) is 0 Å². The smallest absolute Gasteiger partial charge is 0.237 e. The maximum Gasteiger partial charge on any atom is 0.237 e. The summed E-state index contributed by atoms with van der Waals surface area (Å²) in [5.41, 5.74) is 5.84. The predicted molar refractivity (Wildman–Crippen MR) is 67.1 cm³/mol. The van der Waals surface area contributed by atoms with Crippen molar-refractivity contribution in [1.82, 2.24) is 5.32 Å². The van der Waals surface area contributed by atoms with Gasteiger partial charge in [0.25, 0.3) is 0 Å². The van der Waals surface area contributed by atoms with Crippen LogP contribution in [-0.2, 0) is 4.79 Å². The summed E-state index contributed by atoms with van der Waals surface area (Å²) in [5, 5.41) is 3.07. The molecule has 0 unspecified atom stereocenters. The molecule has 0 bridgehead atoms. The number of nitrogens with two attached hydrogens (primary N) is 1. The van der Waals surface area contributed by atoms with Crippen molar-refractivity contribution in [2.75, 3.05) is 0 Å². The molecule has 3 heteroatoms. The van der Waals surface area contributed by atoms with E-state index in [4.69, 9.17) is 5.73 Å². The van der Waals surface area contributed by atoms with Crippen LogP contribution >= 0.6 is 0 Å². The van der Waals surface area contributed by atoms with Crippen LogP contribution in [0.25, 0.3) is 0 Å². The molecule has 2 atom stereocenters. The monoisotopic (exact) mass is 226 g/mol. The molecule has 0 saturated heterocycles. The Balaban J connectivity index is 2.26. The molecule has 0 aromatic rings. The molecule has 0 spiro atoms. The van der Waals surface area contributed by atoms with E-state index >= 15 is 0 Å². The standard InChI is InChI=1S/C13H26N2O/c1-3-4-9-12(14)13(16)15-10(2)11-7-5-6-8-11/h10-12H,3-9,14H2,1-2H3,(H,15,16)/t10-,12+/m1/s1. The lowest BCUT2D eigenvalue weighted by atomic mass is 9.99. The van der Waals surface area contributed by atoms with Crippen molar-refractivity contribution < 1.29 is 4.79 Å². The van der Waals surface area contributed by atoms with Crippen molar-refractivity contribution in [3.8, 4) is 0 Å². The van der Waals surface area contributed by atoms with Crippen molar-refractivity contribution >= 4 is 5.91 Å². The first-order valence-corrected chi connectivity index (χ1v) is 6.71. The molecule has 16 heavy (non-hydrogen) atoms. The zero-order valence-corrected chi connectivity index (χ0v) is 10.7. The number of unbranched alkanes of at least 4 members (excludes halogenated alkanes) is 1. The van der Waals surface area contributed by atoms with E-state index in [-0.39, 0.29) is 11.9 Å². The van der Waals surface area contributed by atoms with E-state index in [1.807, 2.05) is 0 Å². The van der Waals surface area contributed by atoms with E-state index in [9.17, 15) is 4.79 Å². The molecule has 0 heterocycles. The second-order valence-electron chi connectivity index (χ2n) is 5.09. The first-order valence-electron chi connectivity index (χ1n) is 6.71. The van der Waals surface area contributed by atoms with Crippen LogP contribution in [0.15, 0.2) is 0 Å². The molecule has 0 radical (unpaired) electrons. The lowest BCUT2D eigenvalue weighted by molar-refractivity contribution is -0.123. The minimum Gasteiger partial charge on any atom is -0.352 e. The molecule has 3 nitrogen and oxygen atoms in total. The highest BCUT2D eigenvalue weighted by Crippen LogP contribution is 2.27. The number of hydrogen-bond donors (Lipinski definition) is 2. The minimum atomic E-state index is -0.316. The average Bonchev–Trinajstić information content (AvgIpc) is 2.79. The second-order valence-corrected chi connectivity index (χ2v) is 5.09. The summed E-state index contributed by atoms with van der Waals surface area (Å²) in [6.07, 6.45) is 8.07. The summed E-state index contributed by atoms with van der Waals surface area (Å²) in [5.74, 6) is 0.704. The molecule has 1 amide bonds. The summed E-state index contributed by atoms with van der Waals surface area (Å²) >= 11 is 0. The highest BCUT2D eigenvalue weighted by molar-refractivity contribution is 5.81. The molecule has 1 saturated carbocycles. The van der Waals surface area contributed by atoms with Gasteiger partial charge >= 0.3 is 0 Å². The van der Waals surface area contributed by atoms with Gasteiger partial charge in [-0.3, -0.25) is 4.79 Å². The summed E-state index contributed by atoms with van der Waals surface area (Å²) in [4.78, 5) is 11.8. The predicted octanol–water partition coefficient (Wildman–Crippen LogP) is 2.20. The Morgan fingerprint density at radius 1 is 1.44 bits per heavy atom. The van der Waals surface area contributed by atoms with E-state index in [2.05, 4.69) is 19.2 Å². The third-order valence-electron chi connectivity index (χ3n) is 3.68. The van der Waals surface area contributed by atoms with Gasteiger partial charge in [0.05, 0.1) is 6.04 Å². The van der Waals surface area contributed by atoms with Crippen molar-refractivity contribution in [2.24, 2.45) is 11.7 Å². The number of nitrogens with one attached hydrogen (secondary N) is 1. The number of carbonyl (C=O) groups excluding carboxylic acids is 1. The number of rotatable bonds is 6. The van der Waals surface area contributed by atoms with Crippen molar-refractivity contribution in [1.29, 1.82) is 0 Å². The minimum absolute atomic E-state index is 0.0350. The van der Waals surface area contributed by atoms with Gasteiger partial charge in [0.2, 0.25) is 5.91 Å². The highest BCUT2D eigenvalue weighted by Gasteiger charge is 2.24. The average molecular weight is 226 g/mol. The quantitative estimate of drug-likeness (QED) is 0.729. The summed E-state index contributed by atoms with van der Waals surface area (Å²) < 4.78 is 0. The van der Waals surface area contributed by atoms with Crippen LogP contribution in [0, 0.1) is 5.92 Å². The van der Waals surface area contributed by atoms with E-state index in [0.29, 0.717) is 12.0 Å². The Labute approximate surface area is 99.2 Å². The van der Waals surface area contributed by atoms with Crippen molar-refractivity contribution in [3.05, 3.63) is 0 Å². The third kappa shape index (κ3) is 4.12. The molecule has 1 fully saturated rings. The van der Waals surface area contributed by atoms with Gasteiger partial charge in [-0.15, -0.1) is 0 Å². The Morgan fingerprint density at radius 3 is 2.62 bits per heavy atom. The lowest BCUT2D eigenvalue weighted by Crippen LogP contribution is -2.46. The molecule has 1 rings (SSSR count). The van der Waals surface area contributed by atoms with E-state index < -0.39 is 0 Å². The van der Waals surface area contributed by atoms with Crippen molar-refractivity contribution in [3.63, 3.8) is 0 Å². The fraction of sp³-hybridized carbons (Fsp3) is 0.923. The zero-order chi connectivity index (χ0) is 12.0. The number of hydrogen-bond acceptors (Lipinski definition) is 2. The second kappa shape index (κ2) is 6.89. The van der Waals surface area contributed by atoms with Crippen LogP contribution in [0.4, 0.5) is 0 Å². The fourth-order valence-corrected chi connectivity index (χ4v) is 2.46. The van der Waals surface area contributed by atoms with E-state index in [1.54, 1.807) is 0 Å². The van der Waals surface area contributed by atoms with Gasteiger partial charge in [0.1, 0.15) is 0 Å². The molecule has 3 N–H and O–H groups in total. The molecule has 94 valence electrons. The van der Waals surface area contributed by atoms with Gasteiger partial charge < -0.3 is 11.1 Å². The molecule has 1 aliphatic carbocycles. The van der Waals surface area contributed by atoms with Crippen LogP contribution in [-0.4, -0.2) is 18.0 Å². The van der Waals surface area contributed by atoms with Crippen LogP contribution < -0.4 is 11.1 Å². The molecule has 0 aromatic carbocycles. The van der Waals surface area contributed by atoms with Crippen molar-refractivity contribution in [2.45, 2.75) is 70.9 Å². The molecular formula is C13H26N2O. The van der Waals surface area contributed by atoms with Gasteiger partial charge in [-0.25, -0.2) is 0 Å². The molecular weight excluding hydrogens is 200 g/mol. The highest BCUT2D eigenvalue weighted by atomic mass is 16.2. The van der Waals surface area contributed by atoms with Gasteiger partial charge in [-0.05, 0) is 32.1 Å². The Bertz CT molecular complexity index is 212. The lowest BCUT2D eigenvalue weighted by Gasteiger charge is -2.22.